The van der Waals surface area contributed by atoms with E-state index in [0.29, 0.717) is 11.9 Å². The molecule has 1 aliphatic heterocycles. The van der Waals surface area contributed by atoms with Gasteiger partial charge in [-0.05, 0) is 32.6 Å². The van der Waals surface area contributed by atoms with Crippen LogP contribution in [0, 0.1) is 0 Å². The molecule has 6 nitrogen and oxygen atoms in total. The minimum Gasteiger partial charge on any atom is -0.490 e. The molecule has 1 atom stereocenters. The molecule has 6 heteroatoms. The van der Waals surface area contributed by atoms with E-state index in [0.717, 1.165) is 44.2 Å². The number of aromatic nitrogens is 2. The first-order valence-corrected chi connectivity index (χ1v) is 7.33. The maximum Gasteiger partial charge on any atom is 0.204 e. The molecule has 2 rings (SSSR count). The van der Waals surface area contributed by atoms with E-state index < -0.39 is 0 Å². The Morgan fingerprint density at radius 3 is 2.75 bits per heavy atom. The van der Waals surface area contributed by atoms with Gasteiger partial charge in [0, 0.05) is 19.7 Å². The molecule has 1 aromatic heterocycles. The maximum absolute atomic E-state index is 5.72. The molecule has 1 aromatic rings. The monoisotopic (exact) mass is 280 g/mol. The Bertz CT molecular complexity index is 408. The number of ether oxygens (including phenoxy) is 2. The lowest BCUT2D eigenvalue weighted by Gasteiger charge is -2.22. The SMILES string of the molecule is CCNc1ncnc(NCCC2CCCCO2)c1OC. The molecule has 2 N–H and O–H groups in total. The standard InChI is InChI=1S/C14H24N4O2/c1-3-15-13-12(19-2)14(18-10-17-13)16-8-7-11-6-4-5-9-20-11/h10-11H,3-9H2,1-2H3,(H2,15,16,17,18). The minimum atomic E-state index is 0.373. The summed E-state index contributed by atoms with van der Waals surface area (Å²) >= 11 is 0. The maximum atomic E-state index is 5.72. The fourth-order valence-corrected chi connectivity index (χ4v) is 2.37. The van der Waals surface area contributed by atoms with Gasteiger partial charge in [-0.15, -0.1) is 0 Å². The Morgan fingerprint density at radius 2 is 2.10 bits per heavy atom. The zero-order valence-corrected chi connectivity index (χ0v) is 12.3. The lowest BCUT2D eigenvalue weighted by atomic mass is 10.1. The number of nitrogens with zero attached hydrogens (tertiary/aromatic N) is 2. The van der Waals surface area contributed by atoms with Crippen LogP contribution in [0.25, 0.3) is 0 Å². The van der Waals surface area contributed by atoms with Gasteiger partial charge in [-0.1, -0.05) is 0 Å². The lowest BCUT2D eigenvalue weighted by Crippen LogP contribution is -2.22. The molecule has 1 aliphatic rings. The number of rotatable bonds is 7. The molecule has 0 bridgehead atoms. The van der Waals surface area contributed by atoms with Gasteiger partial charge in [-0.2, -0.15) is 0 Å². The van der Waals surface area contributed by atoms with Crippen molar-refractivity contribution in [3.8, 4) is 5.75 Å². The van der Waals surface area contributed by atoms with Crippen LogP contribution in [0.2, 0.25) is 0 Å². The van der Waals surface area contributed by atoms with Gasteiger partial charge < -0.3 is 20.1 Å². The Morgan fingerprint density at radius 1 is 1.30 bits per heavy atom. The molecule has 112 valence electrons. The molecule has 0 spiro atoms. The molecule has 0 saturated carbocycles. The third-order valence-electron chi connectivity index (χ3n) is 3.38. The summed E-state index contributed by atoms with van der Waals surface area (Å²) < 4.78 is 11.1. The highest BCUT2D eigenvalue weighted by Gasteiger charge is 2.15. The van der Waals surface area contributed by atoms with E-state index in [1.54, 1.807) is 13.4 Å². The van der Waals surface area contributed by atoms with Crippen molar-refractivity contribution in [2.24, 2.45) is 0 Å². The fraction of sp³-hybridized carbons (Fsp3) is 0.714. The number of nitrogens with one attached hydrogen (secondary N) is 2. The normalized spacial score (nSPS) is 18.6. The molecule has 0 radical (unpaired) electrons. The second-order valence-electron chi connectivity index (χ2n) is 4.84. The Kier molecular flexibility index (Phi) is 5.86. The van der Waals surface area contributed by atoms with Crippen LogP contribution in [0.1, 0.15) is 32.6 Å². The van der Waals surface area contributed by atoms with Gasteiger partial charge in [0.25, 0.3) is 0 Å². The van der Waals surface area contributed by atoms with Crippen LogP contribution in [-0.2, 0) is 4.74 Å². The molecular weight excluding hydrogens is 256 g/mol. The van der Waals surface area contributed by atoms with Gasteiger partial charge in [0.05, 0.1) is 13.2 Å². The van der Waals surface area contributed by atoms with Gasteiger partial charge in [0.2, 0.25) is 5.75 Å². The first-order valence-electron chi connectivity index (χ1n) is 7.33. The van der Waals surface area contributed by atoms with Crippen molar-refractivity contribution in [1.29, 1.82) is 0 Å². The van der Waals surface area contributed by atoms with E-state index in [9.17, 15) is 0 Å². The highest BCUT2D eigenvalue weighted by molar-refractivity contribution is 5.63. The smallest absolute Gasteiger partial charge is 0.204 e. The zero-order valence-electron chi connectivity index (χ0n) is 12.3. The average Bonchev–Trinajstić information content (AvgIpc) is 2.49. The van der Waals surface area contributed by atoms with Crippen LogP contribution in [0.4, 0.5) is 11.6 Å². The van der Waals surface area contributed by atoms with Gasteiger partial charge in [-0.25, -0.2) is 9.97 Å². The van der Waals surface area contributed by atoms with E-state index in [4.69, 9.17) is 9.47 Å². The quantitative estimate of drug-likeness (QED) is 0.798. The second-order valence-corrected chi connectivity index (χ2v) is 4.84. The van der Waals surface area contributed by atoms with E-state index in [-0.39, 0.29) is 0 Å². The molecular formula is C14H24N4O2. The van der Waals surface area contributed by atoms with Crippen LogP contribution in [0.3, 0.4) is 0 Å². The average molecular weight is 280 g/mol. The summed E-state index contributed by atoms with van der Waals surface area (Å²) in [5, 5.41) is 6.48. The van der Waals surface area contributed by atoms with Crippen molar-refractivity contribution in [3.05, 3.63) is 6.33 Å². The highest BCUT2D eigenvalue weighted by atomic mass is 16.5. The van der Waals surface area contributed by atoms with E-state index in [1.165, 1.54) is 12.8 Å². The Balaban J connectivity index is 1.89. The van der Waals surface area contributed by atoms with Crippen molar-refractivity contribution in [3.63, 3.8) is 0 Å². The minimum absolute atomic E-state index is 0.373. The van der Waals surface area contributed by atoms with Gasteiger partial charge in [0.15, 0.2) is 11.6 Å². The van der Waals surface area contributed by atoms with Crippen molar-refractivity contribution in [1.82, 2.24) is 9.97 Å². The number of hydrogen-bond donors (Lipinski definition) is 2. The van der Waals surface area contributed by atoms with Crippen LogP contribution in [0.5, 0.6) is 5.75 Å². The Labute approximate surface area is 120 Å². The molecule has 0 amide bonds. The highest BCUT2D eigenvalue weighted by Crippen LogP contribution is 2.28. The molecule has 0 aliphatic carbocycles. The Hall–Kier alpha value is -1.56. The zero-order chi connectivity index (χ0) is 14.2. The molecule has 1 unspecified atom stereocenters. The molecule has 2 heterocycles. The third kappa shape index (κ3) is 3.96. The second kappa shape index (κ2) is 7.89. The molecule has 1 fully saturated rings. The summed E-state index contributed by atoms with van der Waals surface area (Å²) in [4.78, 5) is 8.43. The van der Waals surface area contributed by atoms with Crippen molar-refractivity contribution in [2.45, 2.75) is 38.7 Å². The van der Waals surface area contributed by atoms with Crippen molar-refractivity contribution < 1.29 is 9.47 Å². The van der Waals surface area contributed by atoms with Gasteiger partial charge in [-0.3, -0.25) is 0 Å². The predicted octanol–water partition coefficient (Wildman–Crippen LogP) is 2.29. The van der Waals surface area contributed by atoms with Crippen LogP contribution in [-0.4, -0.2) is 42.9 Å². The number of methoxy groups -OCH3 is 1. The van der Waals surface area contributed by atoms with Crippen LogP contribution < -0.4 is 15.4 Å². The van der Waals surface area contributed by atoms with Crippen molar-refractivity contribution in [2.75, 3.05) is 37.4 Å². The number of anilines is 2. The largest absolute Gasteiger partial charge is 0.490 e. The first-order chi connectivity index (χ1) is 9.85. The summed E-state index contributed by atoms with van der Waals surface area (Å²) in [6.07, 6.45) is 6.52. The number of hydrogen-bond acceptors (Lipinski definition) is 6. The summed E-state index contributed by atoms with van der Waals surface area (Å²) in [5.41, 5.74) is 0. The fourth-order valence-electron chi connectivity index (χ4n) is 2.37. The molecule has 1 saturated heterocycles. The summed E-state index contributed by atoms with van der Waals surface area (Å²) in [6.45, 7) is 4.54. The lowest BCUT2D eigenvalue weighted by molar-refractivity contribution is 0.0134. The van der Waals surface area contributed by atoms with Crippen LogP contribution >= 0.6 is 0 Å². The molecule has 20 heavy (non-hydrogen) atoms. The van der Waals surface area contributed by atoms with Crippen molar-refractivity contribution >= 4 is 11.6 Å². The summed E-state index contributed by atoms with van der Waals surface area (Å²) in [5.74, 6) is 2.12. The van der Waals surface area contributed by atoms with Crippen LogP contribution in [0.15, 0.2) is 6.33 Å². The first kappa shape index (κ1) is 14.8. The van der Waals surface area contributed by atoms with E-state index in [1.807, 2.05) is 6.92 Å². The van der Waals surface area contributed by atoms with E-state index in [2.05, 4.69) is 20.6 Å². The summed E-state index contributed by atoms with van der Waals surface area (Å²) in [7, 11) is 1.63. The molecule has 0 aromatic carbocycles. The predicted molar refractivity (Wildman–Crippen MR) is 79.4 cm³/mol. The topological polar surface area (TPSA) is 68.3 Å². The van der Waals surface area contributed by atoms with Gasteiger partial charge in [0.1, 0.15) is 6.33 Å². The van der Waals surface area contributed by atoms with E-state index >= 15 is 0 Å². The third-order valence-corrected chi connectivity index (χ3v) is 3.38. The summed E-state index contributed by atoms with van der Waals surface area (Å²) in [6, 6.07) is 0. The van der Waals surface area contributed by atoms with Gasteiger partial charge >= 0.3 is 0 Å².